The maximum absolute atomic E-state index is 10.3. The SMILES string of the molecule is O=C[C@H](CO)OCc1ccccc1. The van der Waals surface area contributed by atoms with Crippen molar-refractivity contribution in [2.75, 3.05) is 6.61 Å². The summed E-state index contributed by atoms with van der Waals surface area (Å²) in [7, 11) is 0. The van der Waals surface area contributed by atoms with Gasteiger partial charge in [0.05, 0.1) is 13.2 Å². The van der Waals surface area contributed by atoms with Gasteiger partial charge < -0.3 is 14.6 Å². The van der Waals surface area contributed by atoms with Crippen molar-refractivity contribution in [2.45, 2.75) is 12.7 Å². The van der Waals surface area contributed by atoms with Gasteiger partial charge >= 0.3 is 0 Å². The third-order valence-corrected chi connectivity index (χ3v) is 1.64. The van der Waals surface area contributed by atoms with Crippen LogP contribution in [0.25, 0.3) is 0 Å². The summed E-state index contributed by atoms with van der Waals surface area (Å²) in [6, 6.07) is 9.51. The fourth-order valence-corrected chi connectivity index (χ4v) is 0.913. The first-order valence-corrected chi connectivity index (χ1v) is 4.08. The molecule has 0 aliphatic rings. The smallest absolute Gasteiger partial charge is 0.151 e. The van der Waals surface area contributed by atoms with Crippen LogP contribution in [0, 0.1) is 0 Å². The predicted molar refractivity (Wildman–Crippen MR) is 48.2 cm³/mol. The highest BCUT2D eigenvalue weighted by Gasteiger charge is 2.04. The molecule has 3 heteroatoms. The number of aldehydes is 1. The minimum Gasteiger partial charge on any atom is -0.393 e. The Morgan fingerprint density at radius 2 is 2.08 bits per heavy atom. The van der Waals surface area contributed by atoms with Gasteiger partial charge in [0.25, 0.3) is 0 Å². The van der Waals surface area contributed by atoms with Gasteiger partial charge in [-0.1, -0.05) is 30.3 Å². The maximum atomic E-state index is 10.3. The van der Waals surface area contributed by atoms with Gasteiger partial charge in [0, 0.05) is 0 Å². The van der Waals surface area contributed by atoms with E-state index in [9.17, 15) is 4.79 Å². The lowest BCUT2D eigenvalue weighted by atomic mass is 10.2. The molecule has 0 aromatic heterocycles. The summed E-state index contributed by atoms with van der Waals surface area (Å²) >= 11 is 0. The summed E-state index contributed by atoms with van der Waals surface area (Å²) in [6.07, 6.45) is -0.108. The van der Waals surface area contributed by atoms with Crippen molar-refractivity contribution in [3.8, 4) is 0 Å². The van der Waals surface area contributed by atoms with E-state index in [1.807, 2.05) is 30.3 Å². The Kier molecular flexibility index (Phi) is 4.15. The van der Waals surface area contributed by atoms with Crippen LogP contribution in [0.1, 0.15) is 5.56 Å². The molecule has 13 heavy (non-hydrogen) atoms. The zero-order valence-electron chi connectivity index (χ0n) is 7.22. The van der Waals surface area contributed by atoms with Crippen LogP contribution in [0.2, 0.25) is 0 Å². The summed E-state index contributed by atoms with van der Waals surface area (Å²) in [4.78, 5) is 10.3. The largest absolute Gasteiger partial charge is 0.393 e. The minimum absolute atomic E-state index is 0.268. The predicted octanol–water partition coefficient (Wildman–Crippen LogP) is 0.763. The van der Waals surface area contributed by atoms with E-state index in [0.29, 0.717) is 12.9 Å². The lowest BCUT2D eigenvalue weighted by Gasteiger charge is -2.08. The topological polar surface area (TPSA) is 46.5 Å². The number of hydrogen-bond donors (Lipinski definition) is 1. The molecule has 1 rings (SSSR count). The van der Waals surface area contributed by atoms with E-state index in [1.54, 1.807) is 0 Å². The summed E-state index contributed by atoms with van der Waals surface area (Å²) in [5, 5.41) is 8.65. The second-order valence-electron chi connectivity index (χ2n) is 2.65. The number of aliphatic hydroxyl groups is 1. The molecule has 0 radical (unpaired) electrons. The van der Waals surface area contributed by atoms with Gasteiger partial charge in [-0.2, -0.15) is 0 Å². The molecule has 1 aromatic carbocycles. The molecule has 0 aliphatic heterocycles. The summed E-state index contributed by atoms with van der Waals surface area (Å²) < 4.78 is 5.11. The van der Waals surface area contributed by atoms with E-state index in [0.717, 1.165) is 5.56 Å². The molecule has 0 saturated heterocycles. The minimum atomic E-state index is -0.708. The first kappa shape index (κ1) is 9.89. The quantitative estimate of drug-likeness (QED) is 0.680. The zero-order chi connectivity index (χ0) is 9.52. The highest BCUT2D eigenvalue weighted by Crippen LogP contribution is 2.01. The Labute approximate surface area is 77.0 Å². The van der Waals surface area contributed by atoms with Crippen LogP contribution in [-0.2, 0) is 16.1 Å². The van der Waals surface area contributed by atoms with Gasteiger partial charge in [0.2, 0.25) is 0 Å². The lowest BCUT2D eigenvalue weighted by Crippen LogP contribution is -2.18. The van der Waals surface area contributed by atoms with Crippen molar-refractivity contribution in [3.63, 3.8) is 0 Å². The fourth-order valence-electron chi connectivity index (χ4n) is 0.913. The van der Waals surface area contributed by atoms with Crippen LogP contribution >= 0.6 is 0 Å². The molecule has 0 aliphatic carbocycles. The maximum Gasteiger partial charge on any atom is 0.151 e. The van der Waals surface area contributed by atoms with E-state index in [1.165, 1.54) is 0 Å². The van der Waals surface area contributed by atoms with Crippen molar-refractivity contribution < 1.29 is 14.6 Å². The van der Waals surface area contributed by atoms with Crippen molar-refractivity contribution in [3.05, 3.63) is 35.9 Å². The van der Waals surface area contributed by atoms with Crippen LogP contribution in [0.15, 0.2) is 30.3 Å². The van der Waals surface area contributed by atoms with Crippen LogP contribution in [-0.4, -0.2) is 24.1 Å². The molecule has 0 spiro atoms. The standard InChI is InChI=1S/C10H12O3/c11-6-10(7-12)13-8-9-4-2-1-3-5-9/h1-6,10,12H,7-8H2/t10-/m1/s1. The summed E-state index contributed by atoms with van der Waals surface area (Å²) in [5.74, 6) is 0. The second kappa shape index (κ2) is 5.45. The molecule has 70 valence electrons. The second-order valence-corrected chi connectivity index (χ2v) is 2.65. The fraction of sp³-hybridized carbons (Fsp3) is 0.300. The normalized spacial score (nSPS) is 12.4. The third-order valence-electron chi connectivity index (χ3n) is 1.64. The van der Waals surface area contributed by atoms with Crippen LogP contribution in [0.4, 0.5) is 0 Å². The van der Waals surface area contributed by atoms with Gasteiger partial charge in [-0.15, -0.1) is 0 Å². The Balaban J connectivity index is 2.38. The molecule has 1 aromatic rings. The van der Waals surface area contributed by atoms with Crippen LogP contribution in [0.3, 0.4) is 0 Å². The number of aliphatic hydroxyl groups excluding tert-OH is 1. The van der Waals surface area contributed by atoms with Crippen LogP contribution in [0.5, 0.6) is 0 Å². The molecule has 0 heterocycles. The van der Waals surface area contributed by atoms with E-state index < -0.39 is 6.10 Å². The van der Waals surface area contributed by atoms with Gasteiger partial charge in [0.1, 0.15) is 6.10 Å². The number of rotatable bonds is 5. The highest BCUT2D eigenvalue weighted by molar-refractivity contribution is 5.56. The number of carbonyl (C=O) groups is 1. The lowest BCUT2D eigenvalue weighted by molar-refractivity contribution is -0.121. The average molecular weight is 180 g/mol. The first-order chi connectivity index (χ1) is 6.36. The average Bonchev–Trinajstić information content (AvgIpc) is 2.21. The van der Waals surface area contributed by atoms with E-state index >= 15 is 0 Å². The molecule has 0 bridgehead atoms. The van der Waals surface area contributed by atoms with Gasteiger partial charge in [-0.3, -0.25) is 0 Å². The Morgan fingerprint density at radius 1 is 1.38 bits per heavy atom. The number of benzene rings is 1. The molecule has 1 N–H and O–H groups in total. The highest BCUT2D eigenvalue weighted by atomic mass is 16.5. The summed E-state index contributed by atoms with van der Waals surface area (Å²) in [6.45, 7) is 0.0845. The van der Waals surface area contributed by atoms with Gasteiger partial charge in [-0.25, -0.2) is 0 Å². The number of ether oxygens (including phenoxy) is 1. The molecular weight excluding hydrogens is 168 g/mol. The van der Waals surface area contributed by atoms with Crippen molar-refractivity contribution in [1.82, 2.24) is 0 Å². The number of hydrogen-bond acceptors (Lipinski definition) is 3. The van der Waals surface area contributed by atoms with Gasteiger partial charge in [0.15, 0.2) is 6.29 Å². The van der Waals surface area contributed by atoms with Gasteiger partial charge in [-0.05, 0) is 5.56 Å². The molecule has 0 saturated carbocycles. The summed E-state index contributed by atoms with van der Waals surface area (Å²) in [5.41, 5.74) is 0.989. The third kappa shape index (κ3) is 3.36. The molecule has 0 fully saturated rings. The molecule has 0 amide bonds. The van der Waals surface area contributed by atoms with E-state index in [-0.39, 0.29) is 6.61 Å². The van der Waals surface area contributed by atoms with E-state index in [4.69, 9.17) is 9.84 Å². The Hall–Kier alpha value is -1.19. The first-order valence-electron chi connectivity index (χ1n) is 4.08. The molecular formula is C10H12O3. The van der Waals surface area contributed by atoms with Crippen LogP contribution < -0.4 is 0 Å². The van der Waals surface area contributed by atoms with E-state index in [2.05, 4.69) is 0 Å². The molecule has 1 atom stereocenters. The monoisotopic (exact) mass is 180 g/mol. The Bertz CT molecular complexity index is 246. The number of carbonyl (C=O) groups excluding carboxylic acids is 1. The van der Waals surface area contributed by atoms with Crippen molar-refractivity contribution in [2.24, 2.45) is 0 Å². The van der Waals surface area contributed by atoms with Crippen molar-refractivity contribution >= 4 is 6.29 Å². The Morgan fingerprint density at radius 3 is 2.62 bits per heavy atom. The molecule has 0 unspecified atom stereocenters. The molecule has 3 nitrogen and oxygen atoms in total. The van der Waals surface area contributed by atoms with Crippen molar-refractivity contribution in [1.29, 1.82) is 0 Å². The zero-order valence-corrected chi connectivity index (χ0v) is 7.22.